The molecule has 0 radical (unpaired) electrons. The molecule has 0 saturated heterocycles. The number of benzene rings is 8. The molecule has 0 amide bonds. The van der Waals surface area contributed by atoms with E-state index in [1.165, 1.54) is 0 Å². The van der Waals surface area contributed by atoms with Gasteiger partial charge in [0.1, 0.15) is 59.4 Å². The molecule has 0 saturated carbocycles. The first-order valence-electron chi connectivity index (χ1n) is 29.5. The second-order valence-electron chi connectivity index (χ2n) is 21.2. The summed E-state index contributed by atoms with van der Waals surface area (Å²) in [6.45, 7) is 1.34. The van der Waals surface area contributed by atoms with Crippen LogP contribution in [0.4, 0.5) is 0 Å². The van der Waals surface area contributed by atoms with E-state index in [2.05, 4.69) is 69.6 Å². The lowest BCUT2D eigenvalue weighted by molar-refractivity contribution is 0.0544. The van der Waals surface area contributed by atoms with Crippen LogP contribution in [-0.2, 0) is 18.9 Å². The molecular formula is C72H57B2Cl3N8O6. The molecule has 0 unspecified atom stereocenters. The van der Waals surface area contributed by atoms with E-state index >= 15 is 0 Å². The smallest absolute Gasteiger partial charge is 0.328 e. The molecule has 0 spiro atoms. The van der Waals surface area contributed by atoms with Gasteiger partial charge < -0.3 is 37.4 Å². The number of ether oxygens (including phenoxy) is 6. The zero-order valence-corrected chi connectivity index (χ0v) is 51.9. The van der Waals surface area contributed by atoms with Crippen LogP contribution >= 0.6 is 34.8 Å². The molecule has 4 aromatic heterocycles. The summed E-state index contributed by atoms with van der Waals surface area (Å²) in [6.07, 6.45) is 3.22. The van der Waals surface area contributed by atoms with Gasteiger partial charge in [0.2, 0.25) is 0 Å². The third-order valence-corrected chi connectivity index (χ3v) is 16.5. The fourth-order valence-corrected chi connectivity index (χ4v) is 12.1. The van der Waals surface area contributed by atoms with Crippen molar-refractivity contribution in [3.63, 3.8) is 0 Å². The van der Waals surface area contributed by atoms with E-state index in [1.807, 2.05) is 121 Å². The highest BCUT2D eigenvalue weighted by molar-refractivity contribution is 6.85. The Morgan fingerprint density at radius 3 is 1.24 bits per heavy atom. The average Bonchev–Trinajstić information content (AvgIpc) is 1.52. The van der Waals surface area contributed by atoms with Crippen LogP contribution in [0.15, 0.2) is 213 Å². The molecule has 12 rings (SSSR count). The summed E-state index contributed by atoms with van der Waals surface area (Å²) in [6, 6.07) is 70.5. The molecule has 91 heavy (non-hydrogen) atoms. The topological polar surface area (TPSA) is 164 Å². The van der Waals surface area contributed by atoms with Gasteiger partial charge in [-0.1, -0.05) is 202 Å². The number of hydrogen-bond donors (Lipinski definition) is 0. The van der Waals surface area contributed by atoms with Crippen molar-refractivity contribution in [1.29, 1.82) is 10.5 Å². The molecular weight excluding hydrogens is 1200 g/mol. The summed E-state index contributed by atoms with van der Waals surface area (Å²) in [7, 11) is 3.26. The second-order valence-corrected chi connectivity index (χ2v) is 22.4. The predicted octanol–water partition coefficient (Wildman–Crippen LogP) is 10.5. The molecule has 448 valence electrons. The highest BCUT2D eigenvalue weighted by atomic mass is 35.5. The SMILES string of the molecule is COCCOCCOc1cccc(-c2c3/c(=C(\C#N)c4cnc5cc(Cl)c(Cl)cc5n4)n(B(c4ccccc4)c4ccccc4)c(-c4cccc(OCCOCCOC)c4)c3/c(=C(\C#N)c3cnc4cc(Cl)ccc4n3)n2B(c2ccccc2)c2ccccc2)c1. The summed E-state index contributed by atoms with van der Waals surface area (Å²) in [4.78, 5) is 20.4. The van der Waals surface area contributed by atoms with Crippen LogP contribution in [0.25, 0.3) is 66.5 Å². The van der Waals surface area contributed by atoms with E-state index in [9.17, 15) is 10.5 Å². The minimum absolute atomic E-state index is 0.150. The van der Waals surface area contributed by atoms with Crippen molar-refractivity contribution in [3.05, 3.63) is 250 Å². The Bertz CT molecular complexity index is 4670. The van der Waals surface area contributed by atoms with E-state index in [0.29, 0.717) is 127 Å². The highest BCUT2D eigenvalue weighted by Gasteiger charge is 2.38. The zero-order valence-electron chi connectivity index (χ0n) is 49.7. The van der Waals surface area contributed by atoms with Gasteiger partial charge in [0.15, 0.2) is 0 Å². The van der Waals surface area contributed by atoms with E-state index in [-0.39, 0.29) is 40.8 Å². The van der Waals surface area contributed by atoms with Crippen molar-refractivity contribution in [3.8, 4) is 46.2 Å². The van der Waals surface area contributed by atoms with Gasteiger partial charge in [0.05, 0.1) is 94.8 Å². The lowest BCUT2D eigenvalue weighted by Gasteiger charge is -2.24. The van der Waals surface area contributed by atoms with Crippen LogP contribution < -0.4 is 42.0 Å². The molecule has 19 heteroatoms. The Morgan fingerprint density at radius 1 is 0.429 bits per heavy atom. The zero-order chi connectivity index (χ0) is 62.6. The average molecular weight is 1260 g/mol. The lowest BCUT2D eigenvalue weighted by Crippen LogP contribution is -2.54. The first-order valence-corrected chi connectivity index (χ1v) is 30.6. The number of aromatic nitrogens is 6. The molecule has 0 aliphatic heterocycles. The number of nitrogens with zero attached hydrogens (tertiary/aromatic N) is 8. The molecule has 0 fully saturated rings. The van der Waals surface area contributed by atoms with Gasteiger partial charge in [-0.05, 0) is 54.6 Å². The molecule has 4 heterocycles. The Hall–Kier alpha value is -9.58. The largest absolute Gasteiger partial charge is 0.491 e. The van der Waals surface area contributed by atoms with Crippen molar-refractivity contribution in [2.75, 3.05) is 67.1 Å². The molecule has 0 aliphatic rings. The molecule has 8 aromatic carbocycles. The first kappa shape index (κ1) is 61.6. The van der Waals surface area contributed by atoms with Crippen molar-refractivity contribution in [2.45, 2.75) is 0 Å². The standard InChI is InChI=1S/C72H57B2Cl3N8O6/c1-86-31-33-88-35-37-90-55-27-15-17-48(39-55)69-67-68(72(58(45-79)66-47-81-63-42-59(76)60(77)43-64(63)83-66)85(69)74(52-23-11-5-12-24-52)53-25-13-6-14-26-53)70(49-18-16-28-56(40-49)91-38-36-89-34-32-87-2)84(73(50-19-7-3-8-20-50)51-21-9-4-10-22-51)71(67)57(44-78)65-46-80-62-41-54(75)29-30-61(62)82-65/h3-30,39-43,46-47H,31-38H2,1-2H3/b71-57-,72-58-. The Balaban J connectivity index is 1.36. The van der Waals surface area contributed by atoms with E-state index in [1.54, 1.807) is 56.9 Å². The monoisotopic (exact) mass is 1260 g/mol. The molecule has 0 N–H and O–H groups in total. The summed E-state index contributed by atoms with van der Waals surface area (Å²) >= 11 is 20.0. The molecule has 14 nitrogen and oxygen atoms in total. The number of rotatable bonds is 24. The fraction of sp³-hybridized carbons (Fsp3) is 0.139. The maximum absolute atomic E-state index is 12.5. The van der Waals surface area contributed by atoms with Gasteiger partial charge in [-0.25, -0.2) is 9.97 Å². The molecule has 12 aromatic rings. The quantitative estimate of drug-likeness (QED) is 0.0416. The lowest BCUT2D eigenvalue weighted by atomic mass is 9.50. The van der Waals surface area contributed by atoms with E-state index in [4.69, 9.17) is 83.2 Å². The number of nitriles is 2. The van der Waals surface area contributed by atoms with Crippen LogP contribution in [0.3, 0.4) is 0 Å². The summed E-state index contributed by atoms with van der Waals surface area (Å²) in [5.41, 5.74) is 8.91. The Kier molecular flexibility index (Phi) is 19.6. The minimum Gasteiger partial charge on any atom is -0.491 e. The third-order valence-electron chi connectivity index (χ3n) is 15.5. The normalized spacial score (nSPS) is 12.0. The second kappa shape index (κ2) is 28.9. The van der Waals surface area contributed by atoms with Gasteiger partial charge in [0.25, 0.3) is 0 Å². The number of hydrogen-bond acceptors (Lipinski definition) is 12. The molecule has 0 bridgehead atoms. The van der Waals surface area contributed by atoms with Crippen LogP contribution in [-0.4, -0.2) is 110 Å². The Labute approximate surface area is 541 Å². The molecule has 0 aliphatic carbocycles. The number of fused-ring (bicyclic) bond motifs is 3. The third kappa shape index (κ3) is 13.2. The maximum atomic E-state index is 12.5. The number of methoxy groups -OCH3 is 2. The van der Waals surface area contributed by atoms with Gasteiger partial charge >= 0.3 is 13.7 Å². The first-order chi connectivity index (χ1) is 44.8. The van der Waals surface area contributed by atoms with Crippen molar-refractivity contribution < 1.29 is 28.4 Å². The van der Waals surface area contributed by atoms with Crippen LogP contribution in [0.1, 0.15) is 11.4 Å². The summed E-state index contributed by atoms with van der Waals surface area (Å²) < 4.78 is 39.9. The van der Waals surface area contributed by atoms with Crippen LogP contribution in [0.2, 0.25) is 15.1 Å². The van der Waals surface area contributed by atoms with Crippen molar-refractivity contribution in [1.82, 2.24) is 28.9 Å². The van der Waals surface area contributed by atoms with Gasteiger partial charge in [0, 0.05) is 52.5 Å². The maximum Gasteiger partial charge on any atom is 0.328 e. The van der Waals surface area contributed by atoms with E-state index in [0.717, 1.165) is 21.9 Å². The van der Waals surface area contributed by atoms with Gasteiger partial charge in [-0.15, -0.1) is 0 Å². The van der Waals surface area contributed by atoms with E-state index < -0.39 is 13.7 Å². The summed E-state index contributed by atoms with van der Waals surface area (Å²) in [5.74, 6) is 1.08. The number of halogens is 3. The van der Waals surface area contributed by atoms with Crippen molar-refractivity contribution in [2.24, 2.45) is 0 Å². The van der Waals surface area contributed by atoms with Crippen molar-refractivity contribution >= 4 is 114 Å². The Morgan fingerprint density at radius 2 is 0.824 bits per heavy atom. The summed E-state index contributed by atoms with van der Waals surface area (Å²) in [5, 5.41) is 28.1. The van der Waals surface area contributed by atoms with Crippen LogP contribution in [0.5, 0.6) is 11.5 Å². The predicted molar refractivity (Wildman–Crippen MR) is 363 cm³/mol. The minimum atomic E-state index is -0.694. The fourth-order valence-electron chi connectivity index (χ4n) is 11.6. The van der Waals surface area contributed by atoms with Gasteiger partial charge in [-0.2, -0.15) is 10.5 Å². The van der Waals surface area contributed by atoms with Crippen LogP contribution in [0, 0.1) is 22.7 Å². The van der Waals surface area contributed by atoms with Gasteiger partial charge in [-0.3, -0.25) is 9.97 Å². The molecule has 0 atom stereocenters. The highest BCUT2D eigenvalue weighted by Crippen LogP contribution is 2.39.